The summed E-state index contributed by atoms with van der Waals surface area (Å²) in [6.45, 7) is -0.00479. The van der Waals surface area contributed by atoms with Crippen LogP contribution in [0.1, 0.15) is 5.56 Å². The summed E-state index contributed by atoms with van der Waals surface area (Å²) in [6, 6.07) is 9.31. The molecule has 0 heterocycles. The molecule has 4 heteroatoms. The van der Waals surface area contributed by atoms with E-state index in [9.17, 15) is 9.59 Å². The molecule has 0 radical (unpaired) electrons. The van der Waals surface area contributed by atoms with Crippen LogP contribution < -0.4 is 0 Å². The number of rotatable bonds is 5. The van der Waals surface area contributed by atoms with Crippen molar-refractivity contribution >= 4 is 12.4 Å². The largest absolute Gasteiger partial charge is 0.444 e. The lowest BCUT2D eigenvalue weighted by atomic mass is 10.2. The van der Waals surface area contributed by atoms with Crippen LogP contribution in [0.4, 0.5) is 0 Å². The monoisotopic (exact) mass is 207 g/mol. The van der Waals surface area contributed by atoms with E-state index in [0.717, 1.165) is 5.56 Å². The molecule has 1 aromatic carbocycles. The first kappa shape index (κ1) is 11.2. The highest BCUT2D eigenvalue weighted by Crippen LogP contribution is 2.00. The normalized spacial score (nSPS) is 9.40. The van der Waals surface area contributed by atoms with Crippen LogP contribution in [-0.2, 0) is 20.7 Å². The zero-order valence-electron chi connectivity index (χ0n) is 8.55. The summed E-state index contributed by atoms with van der Waals surface area (Å²) in [5.74, 6) is -0.338. The third-order valence-corrected chi connectivity index (χ3v) is 1.80. The fraction of sp³-hybridized carbons (Fsp3) is 0.273. The van der Waals surface area contributed by atoms with Crippen LogP contribution >= 0.6 is 0 Å². The van der Waals surface area contributed by atoms with E-state index in [1.165, 1.54) is 4.90 Å². The van der Waals surface area contributed by atoms with E-state index in [1.54, 1.807) is 7.05 Å². The zero-order chi connectivity index (χ0) is 11.1. The van der Waals surface area contributed by atoms with E-state index in [0.29, 0.717) is 6.41 Å². The predicted octanol–water partition coefficient (Wildman–Crippen LogP) is 0.818. The molecule has 0 unspecified atom stereocenters. The van der Waals surface area contributed by atoms with Gasteiger partial charge in [-0.15, -0.1) is 0 Å². The lowest BCUT2D eigenvalue weighted by Gasteiger charge is -2.10. The topological polar surface area (TPSA) is 46.6 Å². The second-order valence-corrected chi connectivity index (χ2v) is 3.17. The first-order valence-corrected chi connectivity index (χ1v) is 4.57. The van der Waals surface area contributed by atoms with Gasteiger partial charge in [0.1, 0.15) is 0 Å². The maximum Gasteiger partial charge on any atom is 0.311 e. The lowest BCUT2D eigenvalue weighted by Crippen LogP contribution is -2.23. The Kier molecular flexibility index (Phi) is 4.34. The van der Waals surface area contributed by atoms with Crippen molar-refractivity contribution in [3.8, 4) is 0 Å². The Morgan fingerprint density at radius 3 is 2.67 bits per heavy atom. The van der Waals surface area contributed by atoms with E-state index < -0.39 is 0 Å². The van der Waals surface area contributed by atoms with Gasteiger partial charge in [0.2, 0.25) is 6.41 Å². The first-order valence-electron chi connectivity index (χ1n) is 4.57. The van der Waals surface area contributed by atoms with Crippen LogP contribution in [0.3, 0.4) is 0 Å². The minimum atomic E-state index is -0.338. The van der Waals surface area contributed by atoms with E-state index in [1.807, 2.05) is 30.3 Å². The molecule has 0 aromatic heterocycles. The minimum absolute atomic E-state index is 0.00479. The Hall–Kier alpha value is -1.84. The van der Waals surface area contributed by atoms with Crippen LogP contribution in [0.2, 0.25) is 0 Å². The van der Waals surface area contributed by atoms with Crippen LogP contribution in [-0.4, -0.2) is 31.1 Å². The summed E-state index contributed by atoms with van der Waals surface area (Å²) in [6.07, 6.45) is 0.837. The molecule has 1 rings (SSSR count). The van der Waals surface area contributed by atoms with Crippen LogP contribution in [0.25, 0.3) is 0 Å². The van der Waals surface area contributed by atoms with Crippen molar-refractivity contribution in [1.82, 2.24) is 4.90 Å². The molecule has 0 bridgehead atoms. The van der Waals surface area contributed by atoms with E-state index >= 15 is 0 Å². The van der Waals surface area contributed by atoms with Gasteiger partial charge < -0.3 is 9.64 Å². The van der Waals surface area contributed by atoms with Crippen LogP contribution in [0.15, 0.2) is 30.3 Å². The molecule has 0 aliphatic heterocycles. The van der Waals surface area contributed by atoms with Crippen LogP contribution in [0.5, 0.6) is 0 Å². The number of carbonyl (C=O) groups is 2. The average molecular weight is 207 g/mol. The zero-order valence-corrected chi connectivity index (χ0v) is 8.55. The van der Waals surface area contributed by atoms with Gasteiger partial charge in [-0.2, -0.15) is 0 Å². The molecule has 1 amide bonds. The molecule has 0 saturated heterocycles. The van der Waals surface area contributed by atoms with Crippen LogP contribution in [0, 0.1) is 0 Å². The summed E-state index contributed by atoms with van der Waals surface area (Å²) in [5, 5.41) is 0. The summed E-state index contributed by atoms with van der Waals surface area (Å²) in [7, 11) is 1.54. The van der Waals surface area contributed by atoms with Crippen molar-refractivity contribution in [3.63, 3.8) is 0 Å². The maximum absolute atomic E-state index is 11.3. The second kappa shape index (κ2) is 5.80. The number of carbonyl (C=O) groups excluding carboxylic acids is 2. The number of hydrogen-bond acceptors (Lipinski definition) is 3. The molecule has 0 aliphatic rings. The molecule has 15 heavy (non-hydrogen) atoms. The van der Waals surface area contributed by atoms with Crippen molar-refractivity contribution in [1.29, 1.82) is 0 Å². The summed E-state index contributed by atoms with van der Waals surface area (Å²) < 4.78 is 4.85. The predicted molar refractivity (Wildman–Crippen MR) is 54.9 cm³/mol. The summed E-state index contributed by atoms with van der Waals surface area (Å²) in [4.78, 5) is 22.7. The molecule has 0 fully saturated rings. The quantitative estimate of drug-likeness (QED) is 0.408. The van der Waals surface area contributed by atoms with Gasteiger partial charge in [-0.25, -0.2) is 0 Å². The van der Waals surface area contributed by atoms with Crippen molar-refractivity contribution in [3.05, 3.63) is 35.9 Å². The van der Waals surface area contributed by atoms with Crippen molar-refractivity contribution in [2.45, 2.75) is 6.42 Å². The molecule has 4 nitrogen and oxygen atoms in total. The summed E-state index contributed by atoms with van der Waals surface area (Å²) in [5.41, 5.74) is 0.899. The molecule has 0 N–H and O–H groups in total. The Labute approximate surface area is 88.5 Å². The fourth-order valence-corrected chi connectivity index (χ4v) is 1.02. The SMILES string of the molecule is CN(C=O)COC(=O)Cc1ccccc1. The highest BCUT2D eigenvalue weighted by atomic mass is 16.5. The number of hydrogen-bond donors (Lipinski definition) is 0. The van der Waals surface area contributed by atoms with Crippen molar-refractivity contribution < 1.29 is 14.3 Å². The Morgan fingerprint density at radius 1 is 1.40 bits per heavy atom. The number of benzene rings is 1. The number of ether oxygens (including phenoxy) is 1. The van der Waals surface area contributed by atoms with E-state index in [-0.39, 0.29) is 19.1 Å². The van der Waals surface area contributed by atoms with E-state index in [4.69, 9.17) is 4.74 Å². The Bertz CT molecular complexity index is 324. The third kappa shape index (κ3) is 4.26. The fourth-order valence-electron chi connectivity index (χ4n) is 1.02. The Morgan fingerprint density at radius 2 is 2.07 bits per heavy atom. The summed E-state index contributed by atoms with van der Waals surface area (Å²) >= 11 is 0. The molecule has 0 saturated carbocycles. The van der Waals surface area contributed by atoms with Crippen molar-refractivity contribution in [2.75, 3.05) is 13.8 Å². The number of amides is 1. The number of esters is 1. The standard InChI is InChI=1S/C11H13NO3/c1-12(8-13)9-15-11(14)7-10-5-3-2-4-6-10/h2-6,8H,7,9H2,1H3. The average Bonchev–Trinajstić information content (AvgIpc) is 2.27. The lowest BCUT2D eigenvalue weighted by molar-refractivity contribution is -0.148. The molecule has 0 aliphatic carbocycles. The molecule has 0 spiro atoms. The van der Waals surface area contributed by atoms with Crippen molar-refractivity contribution in [2.24, 2.45) is 0 Å². The van der Waals surface area contributed by atoms with Gasteiger partial charge in [0.25, 0.3) is 0 Å². The smallest absolute Gasteiger partial charge is 0.311 e. The first-order chi connectivity index (χ1) is 7.22. The third-order valence-electron chi connectivity index (χ3n) is 1.80. The molecule has 80 valence electrons. The highest BCUT2D eigenvalue weighted by molar-refractivity contribution is 5.72. The second-order valence-electron chi connectivity index (χ2n) is 3.17. The van der Waals surface area contributed by atoms with Gasteiger partial charge in [0, 0.05) is 7.05 Å². The Balaban J connectivity index is 2.34. The molecular weight excluding hydrogens is 194 g/mol. The maximum atomic E-state index is 11.3. The van der Waals surface area contributed by atoms with Gasteiger partial charge in [-0.05, 0) is 5.56 Å². The highest BCUT2D eigenvalue weighted by Gasteiger charge is 2.04. The van der Waals surface area contributed by atoms with Gasteiger partial charge in [-0.3, -0.25) is 9.59 Å². The number of nitrogens with zero attached hydrogens (tertiary/aromatic N) is 1. The van der Waals surface area contributed by atoms with Gasteiger partial charge in [0.15, 0.2) is 6.73 Å². The molecule has 1 aromatic rings. The van der Waals surface area contributed by atoms with Gasteiger partial charge in [-0.1, -0.05) is 30.3 Å². The molecular formula is C11H13NO3. The minimum Gasteiger partial charge on any atom is -0.444 e. The van der Waals surface area contributed by atoms with E-state index in [2.05, 4.69) is 0 Å². The van der Waals surface area contributed by atoms with Gasteiger partial charge >= 0.3 is 5.97 Å². The molecule has 0 atom stereocenters. The van der Waals surface area contributed by atoms with Gasteiger partial charge in [0.05, 0.1) is 6.42 Å².